The van der Waals surface area contributed by atoms with E-state index in [0.29, 0.717) is 30.2 Å². The number of aryl methyl sites for hydroxylation is 1. The number of piperazine rings is 1. The SMILES string of the molecule is Cc1cccc(OCC(=O)Nc2ccc(N3CCNCC3)c([N+](=O)[O-])c2)c1. The van der Waals surface area contributed by atoms with E-state index in [4.69, 9.17) is 4.74 Å². The van der Waals surface area contributed by atoms with Gasteiger partial charge in [0.15, 0.2) is 6.61 Å². The first kappa shape index (κ1) is 18.7. The van der Waals surface area contributed by atoms with E-state index in [1.54, 1.807) is 18.2 Å². The quantitative estimate of drug-likeness (QED) is 0.598. The molecule has 1 saturated heterocycles. The highest BCUT2D eigenvalue weighted by atomic mass is 16.6. The molecule has 2 aromatic carbocycles. The van der Waals surface area contributed by atoms with Gasteiger partial charge in [0, 0.05) is 37.9 Å². The summed E-state index contributed by atoms with van der Waals surface area (Å²) in [6.07, 6.45) is 0. The highest BCUT2D eigenvalue weighted by Crippen LogP contribution is 2.31. The number of hydrogen-bond donors (Lipinski definition) is 2. The van der Waals surface area contributed by atoms with Gasteiger partial charge in [0.2, 0.25) is 0 Å². The molecule has 1 aliphatic heterocycles. The second-order valence-corrected chi connectivity index (χ2v) is 6.35. The minimum absolute atomic E-state index is 0.0192. The van der Waals surface area contributed by atoms with Crippen LogP contribution >= 0.6 is 0 Å². The molecule has 1 aliphatic rings. The van der Waals surface area contributed by atoms with Crippen molar-refractivity contribution >= 4 is 23.0 Å². The van der Waals surface area contributed by atoms with Crippen molar-refractivity contribution in [2.75, 3.05) is 43.0 Å². The number of carbonyl (C=O) groups excluding carboxylic acids is 1. The van der Waals surface area contributed by atoms with Crippen LogP contribution in [0.25, 0.3) is 0 Å². The molecule has 1 heterocycles. The smallest absolute Gasteiger partial charge is 0.294 e. The topological polar surface area (TPSA) is 96.7 Å². The van der Waals surface area contributed by atoms with Gasteiger partial charge in [-0.1, -0.05) is 12.1 Å². The van der Waals surface area contributed by atoms with Crippen LogP contribution in [0.15, 0.2) is 42.5 Å². The molecule has 0 atom stereocenters. The van der Waals surface area contributed by atoms with Gasteiger partial charge in [0.1, 0.15) is 11.4 Å². The number of nitro groups is 1. The van der Waals surface area contributed by atoms with E-state index in [2.05, 4.69) is 10.6 Å². The zero-order chi connectivity index (χ0) is 19.2. The third kappa shape index (κ3) is 4.95. The van der Waals surface area contributed by atoms with Crippen LogP contribution in [0.1, 0.15) is 5.56 Å². The summed E-state index contributed by atoms with van der Waals surface area (Å²) in [5, 5.41) is 17.3. The van der Waals surface area contributed by atoms with Crippen LogP contribution in [0, 0.1) is 17.0 Å². The molecule has 8 nitrogen and oxygen atoms in total. The van der Waals surface area contributed by atoms with Gasteiger partial charge in [-0.3, -0.25) is 14.9 Å². The van der Waals surface area contributed by atoms with Crippen molar-refractivity contribution in [3.8, 4) is 5.75 Å². The first-order valence-corrected chi connectivity index (χ1v) is 8.76. The molecule has 0 radical (unpaired) electrons. The van der Waals surface area contributed by atoms with E-state index in [0.717, 1.165) is 18.7 Å². The minimum Gasteiger partial charge on any atom is -0.484 e. The molecule has 142 valence electrons. The van der Waals surface area contributed by atoms with Gasteiger partial charge in [-0.15, -0.1) is 0 Å². The first-order chi connectivity index (χ1) is 13.0. The van der Waals surface area contributed by atoms with Gasteiger partial charge in [0.05, 0.1) is 4.92 Å². The average molecular weight is 370 g/mol. The largest absolute Gasteiger partial charge is 0.484 e. The number of benzene rings is 2. The molecule has 0 saturated carbocycles. The number of hydrogen-bond acceptors (Lipinski definition) is 6. The lowest BCUT2D eigenvalue weighted by Gasteiger charge is -2.29. The Labute approximate surface area is 157 Å². The summed E-state index contributed by atoms with van der Waals surface area (Å²) in [4.78, 5) is 25.1. The zero-order valence-electron chi connectivity index (χ0n) is 15.1. The van der Waals surface area contributed by atoms with Crippen molar-refractivity contribution in [1.29, 1.82) is 0 Å². The Morgan fingerprint density at radius 2 is 2.04 bits per heavy atom. The molecule has 1 amide bonds. The molecular formula is C19H22N4O4. The number of rotatable bonds is 6. The molecule has 2 aromatic rings. The van der Waals surface area contributed by atoms with Crippen LogP contribution in [-0.4, -0.2) is 43.6 Å². The average Bonchev–Trinajstić information content (AvgIpc) is 2.67. The second-order valence-electron chi connectivity index (χ2n) is 6.35. The highest BCUT2D eigenvalue weighted by Gasteiger charge is 2.22. The van der Waals surface area contributed by atoms with Crippen molar-refractivity contribution in [2.24, 2.45) is 0 Å². The maximum atomic E-state index is 12.1. The predicted octanol–water partition coefficient (Wildman–Crippen LogP) is 2.33. The van der Waals surface area contributed by atoms with E-state index in [9.17, 15) is 14.9 Å². The van der Waals surface area contributed by atoms with Gasteiger partial charge in [-0.05, 0) is 36.8 Å². The van der Waals surface area contributed by atoms with Crippen LogP contribution in [-0.2, 0) is 4.79 Å². The van der Waals surface area contributed by atoms with E-state index in [1.165, 1.54) is 6.07 Å². The monoisotopic (exact) mass is 370 g/mol. The Morgan fingerprint density at radius 3 is 2.74 bits per heavy atom. The van der Waals surface area contributed by atoms with E-state index in [-0.39, 0.29) is 18.2 Å². The molecule has 1 fully saturated rings. The van der Waals surface area contributed by atoms with Crippen molar-refractivity contribution < 1.29 is 14.5 Å². The Kier molecular flexibility index (Phi) is 5.87. The number of carbonyl (C=O) groups is 1. The fraction of sp³-hybridized carbons (Fsp3) is 0.316. The maximum absolute atomic E-state index is 12.1. The molecule has 27 heavy (non-hydrogen) atoms. The predicted molar refractivity (Wildman–Crippen MR) is 103 cm³/mol. The third-order valence-corrected chi connectivity index (χ3v) is 4.27. The lowest BCUT2D eigenvalue weighted by molar-refractivity contribution is -0.384. The molecule has 0 unspecified atom stereocenters. The van der Waals surface area contributed by atoms with Gasteiger partial charge < -0.3 is 20.3 Å². The number of amides is 1. The van der Waals surface area contributed by atoms with Crippen molar-refractivity contribution in [3.05, 3.63) is 58.1 Å². The van der Waals surface area contributed by atoms with Crippen LogP contribution in [0.2, 0.25) is 0 Å². The summed E-state index contributed by atoms with van der Waals surface area (Å²) >= 11 is 0. The lowest BCUT2D eigenvalue weighted by Crippen LogP contribution is -2.43. The maximum Gasteiger partial charge on any atom is 0.294 e. The summed E-state index contributed by atoms with van der Waals surface area (Å²) in [6, 6.07) is 12.1. The highest BCUT2D eigenvalue weighted by molar-refractivity contribution is 5.92. The summed E-state index contributed by atoms with van der Waals surface area (Å²) in [5.74, 6) is 0.228. The van der Waals surface area contributed by atoms with Gasteiger partial charge >= 0.3 is 0 Å². The van der Waals surface area contributed by atoms with Crippen LogP contribution in [0.3, 0.4) is 0 Å². The summed E-state index contributed by atoms with van der Waals surface area (Å²) in [7, 11) is 0. The number of nitrogens with zero attached hydrogens (tertiary/aromatic N) is 2. The third-order valence-electron chi connectivity index (χ3n) is 4.27. The number of anilines is 2. The molecule has 0 aromatic heterocycles. The molecule has 2 N–H and O–H groups in total. The lowest BCUT2D eigenvalue weighted by atomic mass is 10.2. The fourth-order valence-electron chi connectivity index (χ4n) is 2.97. The Balaban J connectivity index is 1.66. The van der Waals surface area contributed by atoms with Gasteiger partial charge in [-0.2, -0.15) is 0 Å². The fourth-order valence-corrected chi connectivity index (χ4v) is 2.97. The minimum atomic E-state index is -0.420. The summed E-state index contributed by atoms with van der Waals surface area (Å²) in [6.45, 7) is 4.74. The second kappa shape index (κ2) is 8.50. The van der Waals surface area contributed by atoms with Crippen LogP contribution < -0.4 is 20.3 Å². The van der Waals surface area contributed by atoms with Crippen molar-refractivity contribution in [3.63, 3.8) is 0 Å². The normalized spacial score (nSPS) is 13.9. The van der Waals surface area contributed by atoms with Gasteiger partial charge in [-0.25, -0.2) is 0 Å². The molecule has 0 aliphatic carbocycles. The van der Waals surface area contributed by atoms with Crippen LogP contribution in [0.5, 0.6) is 5.75 Å². The van der Waals surface area contributed by atoms with E-state index < -0.39 is 4.92 Å². The van der Waals surface area contributed by atoms with Crippen LogP contribution in [0.4, 0.5) is 17.1 Å². The molecule has 8 heteroatoms. The standard InChI is InChI=1S/C19H22N4O4/c1-14-3-2-4-16(11-14)27-13-19(24)21-15-5-6-17(18(12-15)23(25)26)22-9-7-20-8-10-22/h2-6,11-12,20H,7-10,13H2,1H3,(H,21,24). The van der Waals surface area contributed by atoms with Crippen molar-refractivity contribution in [2.45, 2.75) is 6.92 Å². The Hall–Kier alpha value is -3.13. The Morgan fingerprint density at radius 1 is 1.26 bits per heavy atom. The zero-order valence-corrected chi connectivity index (χ0v) is 15.1. The molecular weight excluding hydrogens is 348 g/mol. The number of ether oxygens (including phenoxy) is 1. The molecule has 3 rings (SSSR count). The van der Waals surface area contributed by atoms with Crippen molar-refractivity contribution in [1.82, 2.24) is 5.32 Å². The molecule has 0 bridgehead atoms. The van der Waals surface area contributed by atoms with E-state index >= 15 is 0 Å². The summed E-state index contributed by atoms with van der Waals surface area (Å²) in [5.41, 5.74) is 1.95. The first-order valence-electron chi connectivity index (χ1n) is 8.76. The number of nitrogens with one attached hydrogen (secondary N) is 2. The Bertz CT molecular complexity index is 834. The summed E-state index contributed by atoms with van der Waals surface area (Å²) < 4.78 is 5.46. The van der Waals surface area contributed by atoms with E-state index in [1.807, 2.05) is 30.0 Å². The van der Waals surface area contributed by atoms with Gasteiger partial charge in [0.25, 0.3) is 11.6 Å². The number of nitro benzene ring substituents is 1. The molecule has 0 spiro atoms.